The first kappa shape index (κ1) is 11.5. The first-order valence-electron chi connectivity index (χ1n) is 4.62. The van der Waals surface area contributed by atoms with E-state index < -0.39 is 9.84 Å². The molecule has 0 radical (unpaired) electrons. The predicted octanol–water partition coefficient (Wildman–Crippen LogP) is -1.10. The van der Waals surface area contributed by atoms with Gasteiger partial charge in [-0.2, -0.15) is 0 Å². The fourth-order valence-corrected chi connectivity index (χ4v) is 3.04. The predicted molar refractivity (Wildman–Crippen MR) is 53.7 cm³/mol. The molecule has 0 bridgehead atoms. The first-order chi connectivity index (χ1) is 6.44. The molecule has 0 aliphatic carbocycles. The van der Waals surface area contributed by atoms with Crippen LogP contribution in [0.5, 0.6) is 0 Å². The van der Waals surface area contributed by atoms with E-state index in [1.807, 2.05) is 0 Å². The second kappa shape index (κ2) is 4.27. The largest absolute Gasteiger partial charge is 0.351 e. The van der Waals surface area contributed by atoms with Gasteiger partial charge in [-0.15, -0.1) is 0 Å². The Kier molecular flexibility index (Phi) is 3.49. The number of carbonyl (C=O) groups excluding carboxylic acids is 1. The maximum absolute atomic E-state index is 11.4. The minimum absolute atomic E-state index is 0.0785. The Bertz CT molecular complexity index is 313. The smallest absolute Gasteiger partial charge is 0.237 e. The number of hydrogen-bond donors (Lipinski definition) is 2. The molecule has 82 valence electrons. The van der Waals surface area contributed by atoms with Crippen LogP contribution in [0.2, 0.25) is 0 Å². The third-order valence-electron chi connectivity index (χ3n) is 2.41. The molecule has 0 aromatic heterocycles. The summed E-state index contributed by atoms with van der Waals surface area (Å²) in [6, 6.07) is -0.485. The van der Waals surface area contributed by atoms with Gasteiger partial charge >= 0.3 is 0 Å². The lowest BCUT2D eigenvalue weighted by Crippen LogP contribution is -2.45. The molecule has 1 unspecified atom stereocenters. The highest BCUT2D eigenvalue weighted by Crippen LogP contribution is 2.11. The van der Waals surface area contributed by atoms with E-state index in [0.29, 0.717) is 6.42 Å². The molecule has 1 aliphatic heterocycles. The van der Waals surface area contributed by atoms with Crippen LogP contribution in [0, 0.1) is 0 Å². The zero-order chi connectivity index (χ0) is 10.8. The summed E-state index contributed by atoms with van der Waals surface area (Å²) >= 11 is 0. The highest BCUT2D eigenvalue weighted by molar-refractivity contribution is 7.91. The summed E-state index contributed by atoms with van der Waals surface area (Å²) < 4.78 is 22.2. The molecule has 1 fully saturated rings. The van der Waals surface area contributed by atoms with Gasteiger partial charge in [0.25, 0.3) is 0 Å². The summed E-state index contributed by atoms with van der Waals surface area (Å²) in [5, 5.41) is 5.50. The van der Waals surface area contributed by atoms with Gasteiger partial charge in [-0.3, -0.25) is 4.79 Å². The SMILES string of the molecule is CN[C@@H](C)C(=O)NC1CCS(=O)(=O)C1. The van der Waals surface area contributed by atoms with Crippen LogP contribution in [0.15, 0.2) is 0 Å². The molecule has 1 aliphatic rings. The lowest BCUT2D eigenvalue weighted by atomic mass is 10.2. The highest BCUT2D eigenvalue weighted by atomic mass is 32.2. The average Bonchev–Trinajstić information content (AvgIpc) is 2.44. The molecule has 0 aromatic carbocycles. The number of amides is 1. The Morgan fingerprint density at radius 1 is 1.50 bits per heavy atom. The quantitative estimate of drug-likeness (QED) is 0.633. The Balaban J connectivity index is 2.44. The van der Waals surface area contributed by atoms with E-state index in [1.165, 1.54) is 0 Å². The van der Waals surface area contributed by atoms with Crippen molar-refractivity contribution in [2.45, 2.75) is 25.4 Å². The van der Waals surface area contributed by atoms with Gasteiger partial charge in [-0.05, 0) is 20.4 Å². The van der Waals surface area contributed by atoms with E-state index in [-0.39, 0.29) is 29.5 Å². The van der Waals surface area contributed by atoms with Gasteiger partial charge in [-0.25, -0.2) is 8.42 Å². The van der Waals surface area contributed by atoms with Crippen molar-refractivity contribution in [3.8, 4) is 0 Å². The van der Waals surface area contributed by atoms with Gasteiger partial charge in [0.15, 0.2) is 9.84 Å². The number of carbonyl (C=O) groups is 1. The fourth-order valence-electron chi connectivity index (χ4n) is 1.37. The Morgan fingerprint density at radius 3 is 2.57 bits per heavy atom. The molecule has 5 nitrogen and oxygen atoms in total. The number of hydrogen-bond acceptors (Lipinski definition) is 4. The van der Waals surface area contributed by atoms with Gasteiger partial charge in [0, 0.05) is 6.04 Å². The fraction of sp³-hybridized carbons (Fsp3) is 0.875. The van der Waals surface area contributed by atoms with E-state index >= 15 is 0 Å². The molecular formula is C8H16N2O3S. The van der Waals surface area contributed by atoms with E-state index in [1.54, 1.807) is 14.0 Å². The molecule has 1 amide bonds. The second-order valence-electron chi connectivity index (χ2n) is 3.62. The summed E-state index contributed by atoms with van der Waals surface area (Å²) in [7, 11) is -1.22. The molecule has 0 spiro atoms. The van der Waals surface area contributed by atoms with E-state index in [9.17, 15) is 13.2 Å². The molecule has 2 atom stereocenters. The van der Waals surface area contributed by atoms with Crippen molar-refractivity contribution in [2.24, 2.45) is 0 Å². The molecule has 2 N–H and O–H groups in total. The second-order valence-corrected chi connectivity index (χ2v) is 5.85. The van der Waals surface area contributed by atoms with Crippen molar-refractivity contribution in [2.75, 3.05) is 18.6 Å². The van der Waals surface area contributed by atoms with Gasteiger partial charge in [0.2, 0.25) is 5.91 Å². The van der Waals surface area contributed by atoms with Crippen LogP contribution in [0.1, 0.15) is 13.3 Å². The van der Waals surface area contributed by atoms with Crippen LogP contribution in [0.25, 0.3) is 0 Å². The van der Waals surface area contributed by atoms with Crippen molar-refractivity contribution in [1.29, 1.82) is 0 Å². The van der Waals surface area contributed by atoms with Gasteiger partial charge in [-0.1, -0.05) is 0 Å². The van der Waals surface area contributed by atoms with E-state index in [4.69, 9.17) is 0 Å². The highest BCUT2D eigenvalue weighted by Gasteiger charge is 2.29. The molecule has 1 rings (SSSR count). The zero-order valence-electron chi connectivity index (χ0n) is 8.41. The summed E-state index contributed by atoms with van der Waals surface area (Å²) in [5.74, 6) is 0.121. The number of rotatable bonds is 3. The van der Waals surface area contributed by atoms with Gasteiger partial charge < -0.3 is 10.6 Å². The van der Waals surface area contributed by atoms with E-state index in [2.05, 4.69) is 10.6 Å². The van der Waals surface area contributed by atoms with Gasteiger partial charge in [0.1, 0.15) is 0 Å². The topological polar surface area (TPSA) is 75.3 Å². The molecule has 1 saturated heterocycles. The average molecular weight is 220 g/mol. The summed E-state index contributed by atoms with van der Waals surface area (Å²) in [6.45, 7) is 1.73. The summed E-state index contributed by atoms with van der Waals surface area (Å²) in [6.07, 6.45) is 0.532. The lowest BCUT2D eigenvalue weighted by Gasteiger charge is -2.14. The van der Waals surface area contributed by atoms with Crippen LogP contribution < -0.4 is 10.6 Å². The molecule has 14 heavy (non-hydrogen) atoms. The standard InChI is InChI=1S/C8H16N2O3S/c1-6(9-2)8(11)10-7-3-4-14(12,13)5-7/h6-7,9H,3-5H2,1-2H3,(H,10,11)/t6-,7?/m0/s1. The minimum Gasteiger partial charge on any atom is -0.351 e. The van der Waals surface area contributed by atoms with E-state index in [0.717, 1.165) is 0 Å². The monoisotopic (exact) mass is 220 g/mol. The third-order valence-corrected chi connectivity index (χ3v) is 4.17. The van der Waals surface area contributed by atoms with Crippen LogP contribution in [0.4, 0.5) is 0 Å². The Hall–Kier alpha value is -0.620. The molecule has 0 saturated carbocycles. The van der Waals surface area contributed by atoms with Crippen molar-refractivity contribution in [3.63, 3.8) is 0 Å². The molecule has 1 heterocycles. The van der Waals surface area contributed by atoms with Crippen molar-refractivity contribution >= 4 is 15.7 Å². The number of likely N-dealkylation sites (N-methyl/N-ethyl adjacent to an activating group) is 1. The summed E-state index contributed by atoms with van der Waals surface area (Å²) in [5.41, 5.74) is 0. The maximum atomic E-state index is 11.4. The van der Waals surface area contributed by atoms with Crippen LogP contribution in [0.3, 0.4) is 0 Å². The first-order valence-corrected chi connectivity index (χ1v) is 6.45. The van der Waals surface area contributed by atoms with Crippen LogP contribution in [-0.2, 0) is 14.6 Å². The third kappa shape index (κ3) is 2.95. The normalized spacial score (nSPS) is 27.1. The Labute approximate surface area is 84.2 Å². The summed E-state index contributed by atoms with van der Waals surface area (Å²) in [4.78, 5) is 11.4. The van der Waals surface area contributed by atoms with Crippen molar-refractivity contribution < 1.29 is 13.2 Å². The van der Waals surface area contributed by atoms with Crippen LogP contribution >= 0.6 is 0 Å². The molecule has 6 heteroatoms. The Morgan fingerprint density at radius 2 is 2.14 bits per heavy atom. The molecular weight excluding hydrogens is 204 g/mol. The van der Waals surface area contributed by atoms with Crippen molar-refractivity contribution in [1.82, 2.24) is 10.6 Å². The van der Waals surface area contributed by atoms with Crippen molar-refractivity contribution in [3.05, 3.63) is 0 Å². The number of nitrogens with one attached hydrogen (secondary N) is 2. The zero-order valence-corrected chi connectivity index (χ0v) is 9.23. The number of sulfone groups is 1. The van der Waals surface area contributed by atoms with Gasteiger partial charge in [0.05, 0.1) is 17.5 Å². The maximum Gasteiger partial charge on any atom is 0.237 e. The van der Waals surface area contributed by atoms with Crippen LogP contribution in [-0.4, -0.2) is 45.0 Å². The lowest BCUT2D eigenvalue weighted by molar-refractivity contribution is -0.123. The minimum atomic E-state index is -2.91. The molecule has 0 aromatic rings.